The highest BCUT2D eigenvalue weighted by Gasteiger charge is 2.32. The van der Waals surface area contributed by atoms with Crippen molar-refractivity contribution in [3.8, 4) is 11.5 Å². The molecule has 2 N–H and O–H groups in total. The molecule has 0 unspecified atom stereocenters. The van der Waals surface area contributed by atoms with E-state index in [2.05, 4.69) is 5.32 Å². The number of ether oxygens (including phenoxy) is 1. The van der Waals surface area contributed by atoms with Gasteiger partial charge in [-0.15, -0.1) is 0 Å². The summed E-state index contributed by atoms with van der Waals surface area (Å²) >= 11 is 0. The summed E-state index contributed by atoms with van der Waals surface area (Å²) in [5.74, 6) is -0.371. The normalized spacial score (nSPS) is 14.6. The highest BCUT2D eigenvalue weighted by Crippen LogP contribution is 2.34. The van der Waals surface area contributed by atoms with Crippen molar-refractivity contribution in [2.24, 2.45) is 0 Å². The van der Waals surface area contributed by atoms with Gasteiger partial charge in [-0.3, -0.25) is 4.79 Å². The number of hydrogen-bond acceptors (Lipinski definition) is 4. The standard InChI is InChI=1S/C21H23F3N2O3/c1-29-19-8-5-14(11-18(19)27)13-25-20(28)16-12-15(21(22,23)24)6-7-17(16)26-9-3-2-4-10-26/h5-8,11-12,27H,2-4,9-10,13H2,1H3,(H,25,28). The Bertz CT molecular complexity index is 878. The topological polar surface area (TPSA) is 61.8 Å². The molecule has 1 heterocycles. The molecule has 156 valence electrons. The molecule has 2 aromatic rings. The van der Waals surface area contributed by atoms with Crippen molar-refractivity contribution >= 4 is 11.6 Å². The molecule has 0 atom stereocenters. The van der Waals surface area contributed by atoms with E-state index in [-0.39, 0.29) is 17.9 Å². The first-order valence-corrected chi connectivity index (χ1v) is 9.40. The smallest absolute Gasteiger partial charge is 0.416 e. The van der Waals surface area contributed by atoms with Crippen LogP contribution in [-0.2, 0) is 12.7 Å². The van der Waals surface area contributed by atoms with Crippen LogP contribution in [-0.4, -0.2) is 31.2 Å². The maximum atomic E-state index is 13.2. The molecular formula is C21H23F3N2O3. The number of phenols is 1. The third kappa shape index (κ3) is 4.93. The van der Waals surface area contributed by atoms with Crippen molar-refractivity contribution in [1.82, 2.24) is 5.32 Å². The molecule has 0 bridgehead atoms. The third-order valence-corrected chi connectivity index (χ3v) is 4.96. The van der Waals surface area contributed by atoms with E-state index >= 15 is 0 Å². The lowest BCUT2D eigenvalue weighted by molar-refractivity contribution is -0.137. The Labute approximate surface area is 167 Å². The number of carbonyl (C=O) groups excluding carboxylic acids is 1. The van der Waals surface area contributed by atoms with Crippen LogP contribution in [0.1, 0.15) is 40.7 Å². The Morgan fingerprint density at radius 2 is 1.86 bits per heavy atom. The van der Waals surface area contributed by atoms with E-state index in [0.717, 1.165) is 31.4 Å². The summed E-state index contributed by atoms with van der Waals surface area (Å²) < 4.78 is 44.5. The lowest BCUT2D eigenvalue weighted by Crippen LogP contribution is -2.33. The fourth-order valence-electron chi connectivity index (χ4n) is 3.43. The predicted octanol–water partition coefficient (Wildman–Crippen LogP) is 4.34. The van der Waals surface area contributed by atoms with Crippen LogP contribution < -0.4 is 15.0 Å². The van der Waals surface area contributed by atoms with Gasteiger partial charge in [0.05, 0.1) is 18.2 Å². The number of anilines is 1. The van der Waals surface area contributed by atoms with E-state index in [1.165, 1.54) is 19.2 Å². The summed E-state index contributed by atoms with van der Waals surface area (Å²) in [7, 11) is 1.42. The SMILES string of the molecule is COc1ccc(CNC(=O)c2cc(C(F)(F)F)ccc2N2CCCCC2)cc1O. The molecule has 0 aromatic heterocycles. The fourth-order valence-corrected chi connectivity index (χ4v) is 3.43. The summed E-state index contributed by atoms with van der Waals surface area (Å²) in [6.45, 7) is 1.47. The number of rotatable bonds is 5. The zero-order valence-electron chi connectivity index (χ0n) is 16.1. The van der Waals surface area contributed by atoms with Crippen LogP contribution in [0.5, 0.6) is 11.5 Å². The Hall–Kier alpha value is -2.90. The molecule has 0 radical (unpaired) electrons. The van der Waals surface area contributed by atoms with E-state index in [1.54, 1.807) is 12.1 Å². The van der Waals surface area contributed by atoms with Crippen molar-refractivity contribution in [2.45, 2.75) is 32.0 Å². The molecule has 29 heavy (non-hydrogen) atoms. The van der Waals surface area contributed by atoms with Crippen molar-refractivity contribution in [3.05, 3.63) is 53.1 Å². The zero-order chi connectivity index (χ0) is 21.0. The van der Waals surface area contributed by atoms with Gasteiger partial charge in [-0.2, -0.15) is 13.2 Å². The molecule has 3 rings (SSSR count). The highest BCUT2D eigenvalue weighted by molar-refractivity contribution is 6.00. The van der Waals surface area contributed by atoms with E-state index in [4.69, 9.17) is 4.74 Å². The quantitative estimate of drug-likeness (QED) is 0.773. The molecule has 1 aliphatic heterocycles. The average molecular weight is 408 g/mol. The summed E-state index contributed by atoms with van der Waals surface area (Å²) in [6, 6.07) is 7.96. The number of nitrogens with zero attached hydrogens (tertiary/aromatic N) is 1. The number of carbonyl (C=O) groups is 1. The number of amides is 1. The first kappa shape index (κ1) is 20.8. The van der Waals surface area contributed by atoms with Crippen LogP contribution in [0.4, 0.5) is 18.9 Å². The first-order chi connectivity index (χ1) is 13.8. The second kappa shape index (κ2) is 8.63. The lowest BCUT2D eigenvalue weighted by atomic mass is 10.0. The van der Waals surface area contributed by atoms with Crippen LogP contribution in [0.2, 0.25) is 0 Å². The fraction of sp³-hybridized carbons (Fsp3) is 0.381. The van der Waals surface area contributed by atoms with E-state index < -0.39 is 17.6 Å². The maximum absolute atomic E-state index is 13.2. The Morgan fingerprint density at radius 1 is 1.14 bits per heavy atom. The Balaban J connectivity index is 1.84. The number of piperidine rings is 1. The largest absolute Gasteiger partial charge is 0.504 e. The maximum Gasteiger partial charge on any atom is 0.416 e. The van der Waals surface area contributed by atoms with Gasteiger partial charge in [-0.1, -0.05) is 6.07 Å². The van der Waals surface area contributed by atoms with Gasteiger partial charge in [-0.25, -0.2) is 0 Å². The van der Waals surface area contributed by atoms with Gasteiger partial charge in [0.15, 0.2) is 11.5 Å². The number of phenolic OH excluding ortho intramolecular Hbond substituents is 1. The van der Waals surface area contributed by atoms with Gasteiger partial charge in [0.25, 0.3) is 5.91 Å². The lowest BCUT2D eigenvalue weighted by Gasteiger charge is -2.30. The molecule has 1 saturated heterocycles. The van der Waals surface area contributed by atoms with Gasteiger partial charge in [-0.05, 0) is 55.2 Å². The molecule has 5 nitrogen and oxygen atoms in total. The number of hydrogen-bond donors (Lipinski definition) is 2. The van der Waals surface area contributed by atoms with Crippen LogP contribution in [0.25, 0.3) is 0 Å². The van der Waals surface area contributed by atoms with E-state index in [9.17, 15) is 23.1 Å². The molecule has 2 aromatic carbocycles. The van der Waals surface area contributed by atoms with Gasteiger partial charge >= 0.3 is 6.18 Å². The van der Waals surface area contributed by atoms with Gasteiger partial charge < -0.3 is 20.1 Å². The van der Waals surface area contributed by atoms with E-state index in [0.29, 0.717) is 30.1 Å². The Kier molecular flexibility index (Phi) is 6.20. The van der Waals surface area contributed by atoms with Crippen LogP contribution in [0, 0.1) is 0 Å². The molecule has 0 aliphatic carbocycles. The van der Waals surface area contributed by atoms with Crippen molar-refractivity contribution in [2.75, 3.05) is 25.1 Å². The first-order valence-electron chi connectivity index (χ1n) is 9.40. The monoisotopic (exact) mass is 408 g/mol. The van der Waals surface area contributed by atoms with E-state index in [1.807, 2.05) is 4.90 Å². The number of aromatic hydroxyl groups is 1. The minimum Gasteiger partial charge on any atom is -0.504 e. The summed E-state index contributed by atoms with van der Waals surface area (Å²) in [5, 5.41) is 12.5. The molecule has 0 spiro atoms. The number of nitrogens with one attached hydrogen (secondary N) is 1. The van der Waals surface area contributed by atoms with Crippen molar-refractivity contribution in [1.29, 1.82) is 0 Å². The molecule has 1 amide bonds. The number of methoxy groups -OCH3 is 1. The van der Waals surface area contributed by atoms with Crippen molar-refractivity contribution < 1.29 is 27.8 Å². The zero-order valence-corrected chi connectivity index (χ0v) is 16.1. The molecule has 1 fully saturated rings. The van der Waals surface area contributed by atoms with Gasteiger partial charge in [0.2, 0.25) is 0 Å². The van der Waals surface area contributed by atoms with Crippen LogP contribution in [0.3, 0.4) is 0 Å². The van der Waals surface area contributed by atoms with Gasteiger partial charge in [0, 0.05) is 25.3 Å². The summed E-state index contributed by atoms with van der Waals surface area (Å²) in [5.41, 5.74) is 0.251. The van der Waals surface area contributed by atoms with Gasteiger partial charge in [0.1, 0.15) is 0 Å². The van der Waals surface area contributed by atoms with Crippen molar-refractivity contribution in [3.63, 3.8) is 0 Å². The predicted molar refractivity (Wildman–Crippen MR) is 103 cm³/mol. The van der Waals surface area contributed by atoms with Crippen LogP contribution >= 0.6 is 0 Å². The summed E-state index contributed by atoms with van der Waals surface area (Å²) in [4.78, 5) is 14.7. The minimum atomic E-state index is -4.53. The highest BCUT2D eigenvalue weighted by atomic mass is 19.4. The molecular weight excluding hydrogens is 385 g/mol. The third-order valence-electron chi connectivity index (χ3n) is 4.96. The number of halogens is 3. The average Bonchev–Trinajstić information content (AvgIpc) is 2.71. The Morgan fingerprint density at radius 3 is 2.48 bits per heavy atom. The number of benzene rings is 2. The number of alkyl halides is 3. The summed E-state index contributed by atoms with van der Waals surface area (Å²) in [6.07, 6.45) is -1.59. The second-order valence-electron chi connectivity index (χ2n) is 6.97. The second-order valence-corrected chi connectivity index (χ2v) is 6.97. The molecule has 1 aliphatic rings. The molecule has 0 saturated carbocycles. The van der Waals surface area contributed by atoms with Crippen LogP contribution in [0.15, 0.2) is 36.4 Å². The minimum absolute atomic E-state index is 0.000501. The molecule has 8 heteroatoms.